The Morgan fingerprint density at radius 1 is 1.16 bits per heavy atom. The van der Waals surface area contributed by atoms with Crippen LogP contribution in [0.15, 0.2) is 53.6 Å². The molecule has 1 aromatic carbocycles. The second-order valence-electron chi connectivity index (χ2n) is 6.50. The smallest absolute Gasteiger partial charge is 0.169 e. The van der Waals surface area contributed by atoms with Gasteiger partial charge >= 0.3 is 0 Å². The molecule has 1 saturated heterocycles. The summed E-state index contributed by atoms with van der Waals surface area (Å²) < 4.78 is 2.23. The van der Waals surface area contributed by atoms with Crippen molar-refractivity contribution in [3.05, 3.63) is 54.4 Å². The SMILES string of the molecule is Cn1cccc1[C@H]1CCCCCN1C(=S)NCCSc1ccccc1. The summed E-state index contributed by atoms with van der Waals surface area (Å²) in [7, 11) is 2.13. The van der Waals surface area contributed by atoms with E-state index >= 15 is 0 Å². The van der Waals surface area contributed by atoms with Crippen LogP contribution in [0.3, 0.4) is 0 Å². The Balaban J connectivity index is 1.55. The molecule has 3 rings (SSSR count). The molecule has 25 heavy (non-hydrogen) atoms. The number of nitrogens with zero attached hydrogens (tertiary/aromatic N) is 2. The summed E-state index contributed by atoms with van der Waals surface area (Å²) in [5.41, 5.74) is 1.37. The van der Waals surface area contributed by atoms with E-state index in [0.717, 1.165) is 24.0 Å². The molecule has 1 N–H and O–H groups in total. The molecule has 2 aromatic rings. The maximum absolute atomic E-state index is 5.75. The summed E-state index contributed by atoms with van der Waals surface area (Å²) >= 11 is 7.62. The van der Waals surface area contributed by atoms with Crippen LogP contribution >= 0.6 is 24.0 Å². The third-order valence-electron chi connectivity index (χ3n) is 4.73. The van der Waals surface area contributed by atoms with Gasteiger partial charge in [-0.05, 0) is 49.3 Å². The van der Waals surface area contributed by atoms with Gasteiger partial charge in [0.05, 0.1) is 6.04 Å². The lowest BCUT2D eigenvalue weighted by molar-refractivity contribution is 0.307. The summed E-state index contributed by atoms with van der Waals surface area (Å²) in [5.74, 6) is 1.02. The Morgan fingerprint density at radius 2 is 2.00 bits per heavy atom. The maximum Gasteiger partial charge on any atom is 0.169 e. The Labute approximate surface area is 160 Å². The highest BCUT2D eigenvalue weighted by atomic mass is 32.2. The highest BCUT2D eigenvalue weighted by Crippen LogP contribution is 2.30. The second kappa shape index (κ2) is 9.30. The van der Waals surface area contributed by atoms with Gasteiger partial charge in [-0.2, -0.15) is 0 Å². The number of aromatic nitrogens is 1. The van der Waals surface area contributed by atoms with Crippen LogP contribution in [0.5, 0.6) is 0 Å². The van der Waals surface area contributed by atoms with Crippen LogP contribution < -0.4 is 5.32 Å². The van der Waals surface area contributed by atoms with E-state index in [1.54, 1.807) is 0 Å². The van der Waals surface area contributed by atoms with Crippen LogP contribution in [-0.2, 0) is 7.05 Å². The first-order valence-electron chi connectivity index (χ1n) is 9.09. The van der Waals surface area contributed by atoms with Crippen molar-refractivity contribution in [3.8, 4) is 0 Å². The molecule has 134 valence electrons. The second-order valence-corrected chi connectivity index (χ2v) is 8.05. The molecule has 5 heteroatoms. The lowest BCUT2D eigenvalue weighted by atomic mass is 10.1. The zero-order valence-electron chi connectivity index (χ0n) is 14.9. The lowest BCUT2D eigenvalue weighted by Crippen LogP contribution is -2.43. The summed E-state index contributed by atoms with van der Waals surface area (Å²) in [6, 6.07) is 15.3. The van der Waals surface area contributed by atoms with E-state index in [2.05, 4.69) is 70.5 Å². The van der Waals surface area contributed by atoms with Gasteiger partial charge in [0.15, 0.2) is 5.11 Å². The van der Waals surface area contributed by atoms with Crippen molar-refractivity contribution in [2.75, 3.05) is 18.8 Å². The van der Waals surface area contributed by atoms with Crippen LogP contribution in [0.4, 0.5) is 0 Å². The zero-order valence-corrected chi connectivity index (χ0v) is 16.5. The van der Waals surface area contributed by atoms with E-state index in [-0.39, 0.29) is 0 Å². The Hall–Kier alpha value is -1.46. The van der Waals surface area contributed by atoms with Gasteiger partial charge in [-0.15, -0.1) is 11.8 Å². The quantitative estimate of drug-likeness (QED) is 0.469. The number of aryl methyl sites for hydroxylation is 1. The van der Waals surface area contributed by atoms with Crippen LogP contribution in [0.25, 0.3) is 0 Å². The molecule has 0 bridgehead atoms. The normalized spacial score (nSPS) is 18.0. The molecule has 1 aliphatic rings. The number of thiocarbonyl (C=S) groups is 1. The molecule has 0 spiro atoms. The van der Waals surface area contributed by atoms with E-state index in [0.29, 0.717) is 6.04 Å². The fourth-order valence-corrected chi connectivity index (χ4v) is 4.53. The summed E-state index contributed by atoms with van der Waals surface area (Å²) in [6.07, 6.45) is 7.11. The molecule has 1 aliphatic heterocycles. The van der Waals surface area contributed by atoms with Crippen molar-refractivity contribution in [1.29, 1.82) is 0 Å². The van der Waals surface area contributed by atoms with E-state index in [1.165, 1.54) is 36.3 Å². The van der Waals surface area contributed by atoms with Gasteiger partial charge in [-0.25, -0.2) is 0 Å². The Morgan fingerprint density at radius 3 is 2.76 bits per heavy atom. The molecule has 1 fully saturated rings. The van der Waals surface area contributed by atoms with Gasteiger partial charge in [0, 0.05) is 42.7 Å². The van der Waals surface area contributed by atoms with Crippen LogP contribution in [0.2, 0.25) is 0 Å². The summed E-state index contributed by atoms with van der Waals surface area (Å²) in [5, 5.41) is 4.39. The largest absolute Gasteiger partial charge is 0.362 e. The molecular weight excluding hydrogens is 346 g/mol. The minimum absolute atomic E-state index is 0.393. The van der Waals surface area contributed by atoms with Gasteiger partial charge in [-0.1, -0.05) is 31.0 Å². The average Bonchev–Trinajstić information content (AvgIpc) is 2.91. The van der Waals surface area contributed by atoms with Gasteiger partial charge in [0.1, 0.15) is 0 Å². The third-order valence-corrected chi connectivity index (χ3v) is 6.12. The predicted octanol–water partition coefficient (Wildman–Crippen LogP) is 4.61. The number of likely N-dealkylation sites (tertiary alicyclic amines) is 1. The van der Waals surface area contributed by atoms with Gasteiger partial charge < -0.3 is 14.8 Å². The number of hydrogen-bond donors (Lipinski definition) is 1. The number of thioether (sulfide) groups is 1. The standard InChI is InChI=1S/C20H27N3S2/c1-22-14-8-12-18(22)19-11-6-3-7-15-23(19)20(24)21-13-16-25-17-9-4-2-5-10-17/h2,4-5,8-10,12,14,19H,3,6-7,11,13,15-16H2,1H3,(H,21,24)/t19-/m1/s1. The topological polar surface area (TPSA) is 20.2 Å². The molecule has 2 heterocycles. The van der Waals surface area contributed by atoms with Gasteiger partial charge in [0.25, 0.3) is 0 Å². The van der Waals surface area contributed by atoms with Crippen molar-refractivity contribution < 1.29 is 0 Å². The molecule has 1 aromatic heterocycles. The lowest BCUT2D eigenvalue weighted by Gasteiger charge is -2.33. The highest BCUT2D eigenvalue weighted by Gasteiger charge is 2.26. The summed E-state index contributed by atoms with van der Waals surface area (Å²) in [4.78, 5) is 3.72. The third kappa shape index (κ3) is 5.02. The zero-order chi connectivity index (χ0) is 17.5. The van der Waals surface area contributed by atoms with Gasteiger partial charge in [0.2, 0.25) is 0 Å². The first kappa shape index (κ1) is 18.3. The average molecular weight is 374 g/mol. The van der Waals surface area contributed by atoms with Crippen LogP contribution in [0, 0.1) is 0 Å². The Kier molecular flexibility index (Phi) is 6.82. The maximum atomic E-state index is 5.75. The molecule has 0 saturated carbocycles. The molecular formula is C20H27N3S2. The number of benzene rings is 1. The van der Waals surface area contributed by atoms with Crippen molar-refractivity contribution in [3.63, 3.8) is 0 Å². The predicted molar refractivity (Wildman–Crippen MR) is 111 cm³/mol. The Bertz CT molecular complexity index is 669. The molecule has 0 unspecified atom stereocenters. The first-order valence-corrected chi connectivity index (χ1v) is 10.5. The van der Waals surface area contributed by atoms with Crippen molar-refractivity contribution >= 4 is 29.1 Å². The van der Waals surface area contributed by atoms with E-state index in [4.69, 9.17) is 12.2 Å². The number of hydrogen-bond acceptors (Lipinski definition) is 2. The fourth-order valence-electron chi connectivity index (χ4n) is 3.42. The van der Waals surface area contributed by atoms with E-state index in [9.17, 15) is 0 Å². The number of nitrogens with one attached hydrogen (secondary N) is 1. The monoisotopic (exact) mass is 373 g/mol. The van der Waals surface area contributed by atoms with Crippen molar-refractivity contribution in [2.24, 2.45) is 7.05 Å². The summed E-state index contributed by atoms with van der Waals surface area (Å²) in [6.45, 7) is 1.95. The molecule has 0 amide bonds. The van der Waals surface area contributed by atoms with Crippen LogP contribution in [0.1, 0.15) is 37.4 Å². The first-order chi connectivity index (χ1) is 12.3. The van der Waals surface area contributed by atoms with E-state index < -0.39 is 0 Å². The van der Waals surface area contributed by atoms with Crippen LogP contribution in [-0.4, -0.2) is 33.4 Å². The van der Waals surface area contributed by atoms with Crippen molar-refractivity contribution in [2.45, 2.75) is 36.6 Å². The molecule has 3 nitrogen and oxygen atoms in total. The minimum Gasteiger partial charge on any atom is -0.362 e. The molecule has 0 aliphatic carbocycles. The van der Waals surface area contributed by atoms with E-state index in [1.807, 2.05) is 11.8 Å². The fraction of sp³-hybridized carbons (Fsp3) is 0.450. The minimum atomic E-state index is 0.393. The van der Waals surface area contributed by atoms with Crippen molar-refractivity contribution in [1.82, 2.24) is 14.8 Å². The van der Waals surface area contributed by atoms with Gasteiger partial charge in [-0.3, -0.25) is 0 Å². The molecule has 0 radical (unpaired) electrons. The molecule has 1 atom stereocenters. The highest BCUT2D eigenvalue weighted by molar-refractivity contribution is 7.99. The number of rotatable bonds is 5.